The standard InChI is InChI=1S/C18H14ClN7O2S/c1-25-15(9-28-14-5-3-2-4-13(14)19)23-24-18(25)29-10-12-6-16(27)26-17(22-12)11(7-20)8-21-26/h2-6,8,21H,9-10H2,1H3. The molecule has 9 nitrogen and oxygen atoms in total. The Balaban J connectivity index is 1.47. The monoisotopic (exact) mass is 427 g/mol. The van der Waals surface area contributed by atoms with Gasteiger partial charge in [-0.3, -0.25) is 9.89 Å². The summed E-state index contributed by atoms with van der Waals surface area (Å²) >= 11 is 7.48. The highest BCUT2D eigenvalue weighted by molar-refractivity contribution is 7.98. The number of H-pyrrole nitrogens is 1. The van der Waals surface area contributed by atoms with Crippen molar-refractivity contribution in [2.45, 2.75) is 17.5 Å². The van der Waals surface area contributed by atoms with Crippen LogP contribution in [0.3, 0.4) is 0 Å². The Morgan fingerprint density at radius 3 is 2.97 bits per heavy atom. The lowest BCUT2D eigenvalue weighted by atomic mass is 10.3. The van der Waals surface area contributed by atoms with Crippen LogP contribution >= 0.6 is 23.4 Å². The fourth-order valence-electron chi connectivity index (χ4n) is 2.62. The van der Waals surface area contributed by atoms with E-state index in [2.05, 4.69) is 20.3 Å². The lowest BCUT2D eigenvalue weighted by molar-refractivity contribution is 0.290. The molecule has 1 aromatic carbocycles. The van der Waals surface area contributed by atoms with Crippen molar-refractivity contribution in [1.82, 2.24) is 29.4 Å². The molecule has 0 unspecified atom stereocenters. The average Bonchev–Trinajstić information content (AvgIpc) is 3.29. The van der Waals surface area contributed by atoms with Crippen LogP contribution in [0.2, 0.25) is 5.02 Å². The van der Waals surface area contributed by atoms with Crippen LogP contribution in [0, 0.1) is 11.3 Å². The number of nitrogens with one attached hydrogen (secondary N) is 1. The van der Waals surface area contributed by atoms with E-state index >= 15 is 0 Å². The first-order valence-electron chi connectivity index (χ1n) is 8.45. The number of aromatic nitrogens is 6. The molecule has 11 heteroatoms. The highest BCUT2D eigenvalue weighted by atomic mass is 35.5. The minimum Gasteiger partial charge on any atom is -0.484 e. The Labute approximate surface area is 173 Å². The molecule has 4 aromatic rings. The van der Waals surface area contributed by atoms with E-state index < -0.39 is 0 Å². The molecule has 0 fully saturated rings. The van der Waals surface area contributed by atoms with E-state index in [9.17, 15) is 4.79 Å². The van der Waals surface area contributed by atoms with Gasteiger partial charge in [-0.2, -0.15) is 5.26 Å². The fraction of sp³-hybridized carbons (Fsp3) is 0.167. The summed E-state index contributed by atoms with van der Waals surface area (Å²) in [5.41, 5.74) is 0.890. The summed E-state index contributed by atoms with van der Waals surface area (Å²) in [5.74, 6) is 1.61. The van der Waals surface area contributed by atoms with Crippen LogP contribution < -0.4 is 10.3 Å². The molecule has 0 aliphatic rings. The van der Waals surface area contributed by atoms with Gasteiger partial charge in [0.15, 0.2) is 16.6 Å². The van der Waals surface area contributed by atoms with Crippen LogP contribution in [0.5, 0.6) is 5.75 Å². The number of nitriles is 1. The SMILES string of the molecule is Cn1c(COc2ccccc2Cl)nnc1SCc1cc(=O)n2[nH]cc(C#N)c2n1. The lowest BCUT2D eigenvalue weighted by Gasteiger charge is -2.07. The molecule has 0 atom stereocenters. The number of halogens is 1. The lowest BCUT2D eigenvalue weighted by Crippen LogP contribution is -2.15. The Morgan fingerprint density at radius 2 is 2.17 bits per heavy atom. The van der Waals surface area contributed by atoms with E-state index in [4.69, 9.17) is 21.6 Å². The minimum absolute atomic E-state index is 0.216. The van der Waals surface area contributed by atoms with Crippen molar-refractivity contribution < 1.29 is 4.74 Å². The van der Waals surface area contributed by atoms with Crippen LogP contribution in [0.15, 0.2) is 46.5 Å². The van der Waals surface area contributed by atoms with Gasteiger partial charge in [-0.25, -0.2) is 9.50 Å². The molecule has 146 valence electrons. The van der Waals surface area contributed by atoms with Gasteiger partial charge in [-0.1, -0.05) is 35.5 Å². The maximum absolute atomic E-state index is 12.2. The van der Waals surface area contributed by atoms with Gasteiger partial charge < -0.3 is 9.30 Å². The zero-order valence-corrected chi connectivity index (χ0v) is 16.7. The molecule has 29 heavy (non-hydrogen) atoms. The zero-order valence-electron chi connectivity index (χ0n) is 15.2. The van der Waals surface area contributed by atoms with E-state index in [1.807, 2.05) is 29.8 Å². The molecule has 0 radical (unpaired) electrons. The summed E-state index contributed by atoms with van der Waals surface area (Å²) in [6.45, 7) is 0.216. The summed E-state index contributed by atoms with van der Waals surface area (Å²) < 4.78 is 8.75. The summed E-state index contributed by atoms with van der Waals surface area (Å²) in [7, 11) is 1.83. The van der Waals surface area contributed by atoms with Crippen molar-refractivity contribution in [1.29, 1.82) is 5.26 Å². The number of hydrogen-bond acceptors (Lipinski definition) is 7. The fourth-order valence-corrected chi connectivity index (χ4v) is 3.64. The van der Waals surface area contributed by atoms with E-state index in [0.29, 0.717) is 44.4 Å². The normalized spacial score (nSPS) is 10.9. The predicted octanol–water partition coefficient (Wildman–Crippen LogP) is 2.55. The third kappa shape index (κ3) is 3.83. The van der Waals surface area contributed by atoms with Gasteiger partial charge in [0.05, 0.1) is 10.7 Å². The maximum Gasteiger partial charge on any atom is 0.272 e. The number of ether oxygens (including phenoxy) is 1. The summed E-state index contributed by atoms with van der Waals surface area (Å²) in [4.78, 5) is 16.6. The second kappa shape index (κ2) is 7.98. The van der Waals surface area contributed by atoms with Crippen molar-refractivity contribution in [2.75, 3.05) is 0 Å². The predicted molar refractivity (Wildman–Crippen MR) is 107 cm³/mol. The van der Waals surface area contributed by atoms with Gasteiger partial charge >= 0.3 is 0 Å². The molecule has 0 bridgehead atoms. The molecule has 0 saturated heterocycles. The molecule has 0 aliphatic carbocycles. The number of para-hydroxylation sites is 1. The van der Waals surface area contributed by atoms with E-state index in [0.717, 1.165) is 0 Å². The van der Waals surface area contributed by atoms with Gasteiger partial charge in [-0.15, -0.1) is 10.2 Å². The average molecular weight is 428 g/mol. The van der Waals surface area contributed by atoms with Crippen LogP contribution in [0.25, 0.3) is 5.65 Å². The second-order valence-electron chi connectivity index (χ2n) is 6.01. The van der Waals surface area contributed by atoms with E-state index in [-0.39, 0.29) is 12.2 Å². The largest absolute Gasteiger partial charge is 0.484 e. The van der Waals surface area contributed by atoms with Crippen molar-refractivity contribution >= 4 is 29.0 Å². The highest BCUT2D eigenvalue weighted by Crippen LogP contribution is 2.25. The summed E-state index contributed by atoms with van der Waals surface area (Å²) in [5, 5.41) is 21.3. The number of rotatable bonds is 6. The number of hydrogen-bond donors (Lipinski definition) is 1. The number of benzene rings is 1. The van der Waals surface area contributed by atoms with Crippen molar-refractivity contribution in [3.05, 3.63) is 69.0 Å². The van der Waals surface area contributed by atoms with Crippen molar-refractivity contribution in [3.63, 3.8) is 0 Å². The number of fused-ring (bicyclic) bond motifs is 1. The van der Waals surface area contributed by atoms with Crippen LogP contribution in [0.4, 0.5) is 0 Å². The Morgan fingerprint density at radius 1 is 1.34 bits per heavy atom. The second-order valence-corrected chi connectivity index (χ2v) is 7.36. The van der Waals surface area contributed by atoms with Gasteiger partial charge in [0.25, 0.3) is 5.56 Å². The Hall–Kier alpha value is -3.29. The molecule has 0 amide bonds. The Kier molecular flexibility index (Phi) is 5.24. The quantitative estimate of drug-likeness (QED) is 0.470. The topological polar surface area (TPSA) is 114 Å². The first kappa shape index (κ1) is 19.0. The summed E-state index contributed by atoms with van der Waals surface area (Å²) in [6, 6.07) is 10.6. The number of thioether (sulfide) groups is 1. The van der Waals surface area contributed by atoms with Gasteiger partial charge in [0.2, 0.25) is 0 Å². The van der Waals surface area contributed by atoms with Gasteiger partial charge in [0, 0.05) is 25.1 Å². The molecular formula is C18H14ClN7O2S. The third-order valence-corrected chi connectivity index (χ3v) is 5.50. The van der Waals surface area contributed by atoms with E-state index in [1.165, 1.54) is 28.5 Å². The smallest absolute Gasteiger partial charge is 0.272 e. The van der Waals surface area contributed by atoms with Crippen molar-refractivity contribution in [2.24, 2.45) is 7.05 Å². The molecule has 3 aromatic heterocycles. The van der Waals surface area contributed by atoms with Crippen LogP contribution in [-0.4, -0.2) is 29.4 Å². The molecule has 4 rings (SSSR count). The molecule has 0 spiro atoms. The molecular weight excluding hydrogens is 414 g/mol. The zero-order chi connectivity index (χ0) is 20.4. The first-order valence-corrected chi connectivity index (χ1v) is 9.81. The molecule has 0 aliphatic heterocycles. The summed E-state index contributed by atoms with van der Waals surface area (Å²) in [6.07, 6.45) is 1.45. The minimum atomic E-state index is -0.279. The third-order valence-electron chi connectivity index (χ3n) is 4.14. The maximum atomic E-state index is 12.2. The van der Waals surface area contributed by atoms with E-state index in [1.54, 1.807) is 12.1 Å². The highest BCUT2D eigenvalue weighted by Gasteiger charge is 2.13. The molecule has 1 N–H and O–H groups in total. The van der Waals surface area contributed by atoms with Gasteiger partial charge in [0.1, 0.15) is 24.0 Å². The molecule has 0 saturated carbocycles. The molecule has 3 heterocycles. The first-order chi connectivity index (χ1) is 14.1. The van der Waals surface area contributed by atoms with Crippen LogP contribution in [-0.2, 0) is 19.4 Å². The number of aromatic amines is 1. The van der Waals surface area contributed by atoms with Gasteiger partial charge in [-0.05, 0) is 12.1 Å². The Bertz CT molecular complexity index is 1290. The number of nitrogens with zero attached hydrogens (tertiary/aromatic N) is 6. The van der Waals surface area contributed by atoms with Crippen molar-refractivity contribution in [3.8, 4) is 11.8 Å². The van der Waals surface area contributed by atoms with Crippen LogP contribution in [0.1, 0.15) is 17.1 Å².